The van der Waals surface area contributed by atoms with Crippen LogP contribution in [0.3, 0.4) is 0 Å². The average Bonchev–Trinajstić information content (AvgIpc) is 3.19. The van der Waals surface area contributed by atoms with Gasteiger partial charge in [-0.05, 0) is 48.6 Å². The third-order valence-electron chi connectivity index (χ3n) is 4.91. The summed E-state index contributed by atoms with van der Waals surface area (Å²) in [6.45, 7) is 0. The number of nitriles is 1. The average molecular weight is 293 g/mol. The lowest BCUT2D eigenvalue weighted by molar-refractivity contribution is 0.502. The zero-order valence-corrected chi connectivity index (χ0v) is 12.1. The number of rotatable bonds is 2. The molecule has 1 N–H and O–H groups in total. The fourth-order valence-electron chi connectivity index (χ4n) is 3.79. The molecule has 3 nitrogen and oxygen atoms in total. The molecule has 4 heteroatoms. The summed E-state index contributed by atoms with van der Waals surface area (Å²) < 4.78 is 14.1. The Labute approximate surface area is 128 Å². The van der Waals surface area contributed by atoms with E-state index in [4.69, 9.17) is 5.26 Å². The Morgan fingerprint density at radius 1 is 1.23 bits per heavy atom. The lowest BCUT2D eigenvalue weighted by Gasteiger charge is -2.20. The maximum Gasteiger partial charge on any atom is 0.220 e. The van der Waals surface area contributed by atoms with E-state index < -0.39 is 5.95 Å². The molecule has 0 saturated carbocycles. The number of aromatic nitrogens is 1. The predicted molar refractivity (Wildman–Crippen MR) is 81.6 cm³/mol. The molecular formula is C18H16FN3. The molecule has 2 fully saturated rings. The molecule has 2 aliphatic heterocycles. The highest BCUT2D eigenvalue weighted by Crippen LogP contribution is 2.40. The van der Waals surface area contributed by atoms with E-state index >= 15 is 0 Å². The monoisotopic (exact) mass is 293 g/mol. The summed E-state index contributed by atoms with van der Waals surface area (Å²) in [4.78, 5) is 3.97. The lowest BCUT2D eigenvalue weighted by atomic mass is 9.84. The molecule has 110 valence electrons. The van der Waals surface area contributed by atoms with Crippen molar-refractivity contribution in [3.8, 4) is 17.2 Å². The van der Waals surface area contributed by atoms with Gasteiger partial charge in [-0.3, -0.25) is 0 Å². The zero-order valence-electron chi connectivity index (χ0n) is 12.1. The van der Waals surface area contributed by atoms with Crippen LogP contribution < -0.4 is 5.32 Å². The van der Waals surface area contributed by atoms with Gasteiger partial charge in [0, 0.05) is 29.8 Å². The van der Waals surface area contributed by atoms with Crippen molar-refractivity contribution in [1.82, 2.24) is 10.3 Å². The standard InChI is InChI=1S/C18H16FN3/c19-18-16(12-3-1-11(9-20)2-4-12)7-13(10-21-18)15-8-14-5-6-17(15)22-14/h1-4,7,10,14-15,17,22H,5-6,8H2/t14-,15?,17+/m0/s1. The second-order valence-corrected chi connectivity index (χ2v) is 6.19. The summed E-state index contributed by atoms with van der Waals surface area (Å²) in [6.07, 6.45) is 5.23. The maximum absolute atomic E-state index is 14.1. The highest BCUT2D eigenvalue weighted by atomic mass is 19.1. The van der Waals surface area contributed by atoms with Gasteiger partial charge in [-0.25, -0.2) is 4.98 Å². The van der Waals surface area contributed by atoms with E-state index in [2.05, 4.69) is 16.4 Å². The van der Waals surface area contributed by atoms with Crippen LogP contribution in [0, 0.1) is 17.3 Å². The van der Waals surface area contributed by atoms with Crippen LogP contribution in [0.1, 0.15) is 36.3 Å². The van der Waals surface area contributed by atoms with Gasteiger partial charge in [0.25, 0.3) is 0 Å². The van der Waals surface area contributed by atoms with Crippen molar-refractivity contribution in [2.45, 2.75) is 37.3 Å². The Balaban J connectivity index is 1.70. The third-order valence-corrected chi connectivity index (χ3v) is 4.91. The van der Waals surface area contributed by atoms with Crippen LogP contribution in [-0.2, 0) is 0 Å². The highest BCUT2D eigenvalue weighted by molar-refractivity contribution is 5.65. The minimum absolute atomic E-state index is 0.434. The Morgan fingerprint density at radius 3 is 2.68 bits per heavy atom. The normalized spacial score (nSPS) is 26.1. The van der Waals surface area contributed by atoms with Crippen LogP contribution in [0.5, 0.6) is 0 Å². The first-order valence-electron chi connectivity index (χ1n) is 7.66. The number of hydrogen-bond acceptors (Lipinski definition) is 3. The quantitative estimate of drug-likeness (QED) is 0.864. The highest BCUT2D eigenvalue weighted by Gasteiger charge is 2.39. The number of pyridine rings is 1. The molecule has 22 heavy (non-hydrogen) atoms. The molecule has 0 amide bonds. The van der Waals surface area contributed by atoms with Gasteiger partial charge in [0.05, 0.1) is 11.6 Å². The first-order valence-corrected chi connectivity index (χ1v) is 7.66. The Kier molecular flexibility index (Phi) is 3.16. The molecule has 1 aromatic heterocycles. The first kappa shape index (κ1) is 13.4. The van der Waals surface area contributed by atoms with E-state index in [0.717, 1.165) is 17.5 Å². The zero-order chi connectivity index (χ0) is 15.1. The molecule has 2 saturated heterocycles. The minimum atomic E-state index is -0.454. The van der Waals surface area contributed by atoms with Gasteiger partial charge < -0.3 is 5.32 Å². The number of nitrogens with one attached hydrogen (secondary N) is 1. The van der Waals surface area contributed by atoms with Crippen LogP contribution in [-0.4, -0.2) is 17.1 Å². The van der Waals surface area contributed by atoms with E-state index in [1.165, 1.54) is 12.8 Å². The van der Waals surface area contributed by atoms with Crippen LogP contribution in [0.25, 0.3) is 11.1 Å². The molecule has 2 bridgehead atoms. The van der Waals surface area contributed by atoms with Crippen molar-refractivity contribution >= 4 is 0 Å². The van der Waals surface area contributed by atoms with Crippen LogP contribution in [0.15, 0.2) is 36.5 Å². The number of benzene rings is 1. The molecule has 3 heterocycles. The summed E-state index contributed by atoms with van der Waals surface area (Å²) in [5, 5.41) is 12.5. The van der Waals surface area contributed by atoms with Gasteiger partial charge in [-0.1, -0.05) is 12.1 Å². The largest absolute Gasteiger partial charge is 0.311 e. The SMILES string of the molecule is N#Cc1ccc(-c2cc(C3C[C@@H]4CC[C@H]3N4)cnc2F)cc1. The van der Waals surface area contributed by atoms with E-state index in [-0.39, 0.29) is 0 Å². The van der Waals surface area contributed by atoms with Crippen LogP contribution in [0.4, 0.5) is 4.39 Å². The Morgan fingerprint density at radius 2 is 2.05 bits per heavy atom. The molecule has 0 spiro atoms. The second-order valence-electron chi connectivity index (χ2n) is 6.19. The van der Waals surface area contributed by atoms with Gasteiger partial charge in [0.1, 0.15) is 0 Å². The summed E-state index contributed by atoms with van der Waals surface area (Å²) in [5.74, 6) is -0.0199. The maximum atomic E-state index is 14.1. The molecule has 2 aliphatic rings. The van der Waals surface area contributed by atoms with Crippen molar-refractivity contribution in [3.05, 3.63) is 53.6 Å². The van der Waals surface area contributed by atoms with Crippen molar-refractivity contribution < 1.29 is 4.39 Å². The topological polar surface area (TPSA) is 48.7 Å². The van der Waals surface area contributed by atoms with Crippen molar-refractivity contribution in [1.29, 1.82) is 5.26 Å². The molecular weight excluding hydrogens is 277 g/mol. The molecule has 1 unspecified atom stereocenters. The fraction of sp³-hybridized carbons (Fsp3) is 0.333. The minimum Gasteiger partial charge on any atom is -0.311 e. The van der Waals surface area contributed by atoms with E-state index in [0.29, 0.717) is 29.1 Å². The number of nitrogens with zero attached hydrogens (tertiary/aromatic N) is 2. The number of fused-ring (bicyclic) bond motifs is 2. The van der Waals surface area contributed by atoms with Crippen molar-refractivity contribution in [2.24, 2.45) is 0 Å². The number of halogens is 1. The summed E-state index contributed by atoms with van der Waals surface area (Å²) >= 11 is 0. The molecule has 0 aliphatic carbocycles. The van der Waals surface area contributed by atoms with E-state index in [9.17, 15) is 4.39 Å². The van der Waals surface area contributed by atoms with Gasteiger partial charge in [0.2, 0.25) is 5.95 Å². The molecule has 2 aromatic rings. The van der Waals surface area contributed by atoms with Crippen LogP contribution in [0.2, 0.25) is 0 Å². The van der Waals surface area contributed by atoms with E-state index in [1.807, 2.05) is 6.07 Å². The lowest BCUT2D eigenvalue weighted by Crippen LogP contribution is -2.21. The molecule has 0 radical (unpaired) electrons. The van der Waals surface area contributed by atoms with Gasteiger partial charge >= 0.3 is 0 Å². The van der Waals surface area contributed by atoms with Crippen LogP contribution >= 0.6 is 0 Å². The fourth-order valence-corrected chi connectivity index (χ4v) is 3.79. The summed E-state index contributed by atoms with van der Waals surface area (Å²) in [5.41, 5.74) is 2.97. The van der Waals surface area contributed by atoms with E-state index in [1.54, 1.807) is 30.5 Å². The smallest absolute Gasteiger partial charge is 0.220 e. The van der Waals surface area contributed by atoms with Crippen molar-refractivity contribution in [3.63, 3.8) is 0 Å². The molecule has 4 rings (SSSR count). The molecule has 3 atom stereocenters. The Bertz CT molecular complexity index is 748. The van der Waals surface area contributed by atoms with Gasteiger partial charge in [-0.2, -0.15) is 9.65 Å². The molecule has 1 aromatic carbocycles. The third kappa shape index (κ3) is 2.18. The second kappa shape index (κ2) is 5.19. The van der Waals surface area contributed by atoms with Crippen molar-refractivity contribution in [2.75, 3.05) is 0 Å². The number of hydrogen-bond donors (Lipinski definition) is 1. The predicted octanol–water partition coefficient (Wildman–Crippen LogP) is 3.37. The van der Waals surface area contributed by atoms with Gasteiger partial charge in [-0.15, -0.1) is 0 Å². The first-order chi connectivity index (χ1) is 10.7. The Hall–Kier alpha value is -2.25. The van der Waals surface area contributed by atoms with Gasteiger partial charge in [0.15, 0.2) is 0 Å². The summed E-state index contributed by atoms with van der Waals surface area (Å²) in [6, 6.07) is 12.1. The summed E-state index contributed by atoms with van der Waals surface area (Å²) in [7, 11) is 0.